The van der Waals surface area contributed by atoms with E-state index >= 15 is 0 Å². The molecule has 1 aromatic rings. The van der Waals surface area contributed by atoms with Crippen LogP contribution in [0, 0.1) is 11.3 Å². The lowest BCUT2D eigenvalue weighted by Crippen LogP contribution is -2.53. The van der Waals surface area contributed by atoms with Gasteiger partial charge in [-0.25, -0.2) is 0 Å². The number of aliphatic hydroxyl groups is 1. The van der Waals surface area contributed by atoms with Crippen LogP contribution in [0.25, 0.3) is 0 Å². The fraction of sp³-hybridized carbons (Fsp3) is 0.731. The second kappa shape index (κ2) is 9.80. The summed E-state index contributed by atoms with van der Waals surface area (Å²) in [6.07, 6.45) is 5.01. The number of amides is 1. The number of benzene rings is 1. The molecule has 6 heteroatoms. The van der Waals surface area contributed by atoms with Gasteiger partial charge >= 0.3 is 0 Å². The highest BCUT2D eigenvalue weighted by molar-refractivity contribution is 5.83. The number of piperidine rings is 1. The molecule has 178 valence electrons. The van der Waals surface area contributed by atoms with Gasteiger partial charge in [-0.1, -0.05) is 44.2 Å². The molecule has 0 aromatic heterocycles. The van der Waals surface area contributed by atoms with Crippen LogP contribution >= 0.6 is 0 Å². The molecule has 1 saturated carbocycles. The molecule has 6 nitrogen and oxygen atoms in total. The third-order valence-corrected chi connectivity index (χ3v) is 8.33. The minimum absolute atomic E-state index is 0.0752. The van der Waals surface area contributed by atoms with E-state index in [1.165, 1.54) is 0 Å². The van der Waals surface area contributed by atoms with Gasteiger partial charge in [0, 0.05) is 38.9 Å². The van der Waals surface area contributed by atoms with Gasteiger partial charge in [0.1, 0.15) is 0 Å². The Morgan fingerprint density at radius 3 is 2.56 bits per heavy atom. The van der Waals surface area contributed by atoms with E-state index in [4.69, 9.17) is 9.47 Å². The van der Waals surface area contributed by atoms with Gasteiger partial charge in [-0.15, -0.1) is 0 Å². The van der Waals surface area contributed by atoms with Gasteiger partial charge in [-0.05, 0) is 50.0 Å². The second-order valence-electron chi connectivity index (χ2n) is 10.4. The van der Waals surface area contributed by atoms with Gasteiger partial charge in [0.2, 0.25) is 5.91 Å². The molecule has 2 N–H and O–H groups in total. The lowest BCUT2D eigenvalue weighted by molar-refractivity contribution is -0.149. The Morgan fingerprint density at radius 2 is 1.91 bits per heavy atom. The van der Waals surface area contributed by atoms with E-state index in [9.17, 15) is 9.90 Å². The lowest BCUT2D eigenvalue weighted by atomic mass is 9.73. The fourth-order valence-electron chi connectivity index (χ4n) is 6.05. The molecule has 0 spiro atoms. The number of hydrogen-bond acceptors (Lipinski definition) is 5. The predicted molar refractivity (Wildman–Crippen MR) is 124 cm³/mol. The number of nitrogens with zero attached hydrogens (tertiary/aromatic N) is 1. The van der Waals surface area contributed by atoms with Crippen LogP contribution in [0.4, 0.5) is 0 Å². The summed E-state index contributed by atoms with van der Waals surface area (Å²) in [7, 11) is 1.75. The summed E-state index contributed by atoms with van der Waals surface area (Å²) in [6.45, 7) is 7.00. The van der Waals surface area contributed by atoms with Crippen LogP contribution in [0.15, 0.2) is 30.3 Å². The van der Waals surface area contributed by atoms with E-state index in [2.05, 4.69) is 19.2 Å². The Hall–Kier alpha value is -1.47. The van der Waals surface area contributed by atoms with E-state index in [1.807, 2.05) is 35.2 Å². The Morgan fingerprint density at radius 1 is 1.19 bits per heavy atom. The van der Waals surface area contributed by atoms with Crippen LogP contribution in [-0.4, -0.2) is 67.5 Å². The number of carbonyl (C=O) groups is 1. The predicted octanol–water partition coefficient (Wildman–Crippen LogP) is 3.09. The van der Waals surface area contributed by atoms with Crippen LogP contribution in [-0.2, 0) is 19.9 Å². The van der Waals surface area contributed by atoms with Crippen molar-refractivity contribution in [3.05, 3.63) is 35.9 Å². The molecule has 0 bridgehead atoms. The van der Waals surface area contributed by atoms with E-state index < -0.39 is 5.60 Å². The molecule has 2 saturated heterocycles. The van der Waals surface area contributed by atoms with Crippen molar-refractivity contribution in [2.24, 2.45) is 11.3 Å². The average molecular weight is 445 g/mol. The van der Waals surface area contributed by atoms with Crippen LogP contribution in [0.2, 0.25) is 0 Å². The van der Waals surface area contributed by atoms with Crippen molar-refractivity contribution >= 4 is 5.91 Å². The Bertz CT molecular complexity index is 762. The van der Waals surface area contributed by atoms with Crippen LogP contribution in [0.3, 0.4) is 0 Å². The number of methoxy groups -OCH3 is 1. The number of rotatable bonds is 6. The lowest BCUT2D eigenvalue weighted by Gasteiger charge is -2.43. The second-order valence-corrected chi connectivity index (χ2v) is 10.4. The first-order chi connectivity index (χ1) is 15.4. The molecule has 2 aliphatic heterocycles. The molecule has 2 heterocycles. The van der Waals surface area contributed by atoms with Crippen molar-refractivity contribution < 1.29 is 19.4 Å². The summed E-state index contributed by atoms with van der Waals surface area (Å²) < 4.78 is 11.2. The molecule has 3 fully saturated rings. The molecule has 3 aliphatic rings. The van der Waals surface area contributed by atoms with Crippen molar-refractivity contribution in [2.75, 3.05) is 33.4 Å². The normalized spacial score (nSPS) is 32.9. The highest BCUT2D eigenvalue weighted by atomic mass is 16.5. The molecule has 1 amide bonds. The first kappa shape index (κ1) is 23.7. The summed E-state index contributed by atoms with van der Waals surface area (Å²) in [5.41, 5.74) is -0.200. The minimum Gasteiger partial charge on any atom is -0.385 e. The van der Waals surface area contributed by atoms with E-state index in [-0.39, 0.29) is 29.4 Å². The van der Waals surface area contributed by atoms with Crippen molar-refractivity contribution in [2.45, 2.75) is 76.2 Å². The van der Waals surface area contributed by atoms with Gasteiger partial charge < -0.3 is 24.8 Å². The maximum atomic E-state index is 13.8. The van der Waals surface area contributed by atoms with Gasteiger partial charge in [-0.3, -0.25) is 4.79 Å². The number of ether oxygens (including phenoxy) is 2. The third kappa shape index (κ3) is 4.60. The number of carbonyl (C=O) groups excluding carboxylic acids is 1. The van der Waals surface area contributed by atoms with Gasteiger partial charge in [0.15, 0.2) is 0 Å². The van der Waals surface area contributed by atoms with Crippen LogP contribution < -0.4 is 5.32 Å². The molecule has 0 radical (unpaired) electrons. The Kier molecular flexibility index (Phi) is 7.25. The van der Waals surface area contributed by atoms with Crippen molar-refractivity contribution in [3.8, 4) is 0 Å². The molecule has 1 aromatic carbocycles. The summed E-state index contributed by atoms with van der Waals surface area (Å²) in [5.74, 6) is 0.562. The maximum Gasteiger partial charge on any atom is 0.229 e. The molecule has 3 unspecified atom stereocenters. The standard InChI is InChI=1S/C26H40N2O4/c1-19(2)25(11-9-21(17-25)27-22-10-16-32-18-23(22)31-3)24(29)28-14-12-26(30,13-15-28)20-7-5-4-6-8-20/h4-8,19,21-23,27,30H,9-18H2,1-3H3/t21?,22?,23?,25-/m0/s1. The summed E-state index contributed by atoms with van der Waals surface area (Å²) in [5, 5.41) is 15.0. The smallest absolute Gasteiger partial charge is 0.229 e. The summed E-state index contributed by atoms with van der Waals surface area (Å²) in [4.78, 5) is 15.9. The van der Waals surface area contributed by atoms with E-state index in [0.717, 1.165) is 37.9 Å². The zero-order chi connectivity index (χ0) is 22.8. The molecular weight excluding hydrogens is 404 g/mol. The minimum atomic E-state index is -0.832. The van der Waals surface area contributed by atoms with E-state index in [0.29, 0.717) is 38.6 Å². The molecule has 4 rings (SSSR count). The van der Waals surface area contributed by atoms with Crippen LogP contribution in [0.5, 0.6) is 0 Å². The highest BCUT2D eigenvalue weighted by Crippen LogP contribution is 2.47. The quantitative estimate of drug-likeness (QED) is 0.706. The van der Waals surface area contributed by atoms with Gasteiger partial charge in [-0.2, -0.15) is 0 Å². The first-order valence-electron chi connectivity index (χ1n) is 12.3. The van der Waals surface area contributed by atoms with Crippen molar-refractivity contribution in [3.63, 3.8) is 0 Å². The number of hydrogen-bond donors (Lipinski definition) is 2. The fourth-order valence-corrected chi connectivity index (χ4v) is 6.05. The average Bonchev–Trinajstić information content (AvgIpc) is 3.25. The Labute approximate surface area is 192 Å². The zero-order valence-corrected chi connectivity index (χ0v) is 19.9. The monoisotopic (exact) mass is 444 g/mol. The number of nitrogens with one attached hydrogen (secondary N) is 1. The van der Waals surface area contributed by atoms with E-state index in [1.54, 1.807) is 7.11 Å². The highest BCUT2D eigenvalue weighted by Gasteiger charge is 2.50. The summed E-state index contributed by atoms with van der Waals surface area (Å²) >= 11 is 0. The Balaban J connectivity index is 1.40. The summed E-state index contributed by atoms with van der Waals surface area (Å²) in [6, 6.07) is 10.5. The van der Waals surface area contributed by atoms with Crippen molar-refractivity contribution in [1.29, 1.82) is 0 Å². The van der Waals surface area contributed by atoms with Crippen molar-refractivity contribution in [1.82, 2.24) is 10.2 Å². The third-order valence-electron chi connectivity index (χ3n) is 8.33. The van der Waals surface area contributed by atoms with Gasteiger partial charge in [0.25, 0.3) is 0 Å². The molecular formula is C26H40N2O4. The molecule has 1 aliphatic carbocycles. The molecule has 32 heavy (non-hydrogen) atoms. The van der Waals surface area contributed by atoms with Gasteiger partial charge in [0.05, 0.1) is 23.7 Å². The first-order valence-corrected chi connectivity index (χ1v) is 12.3. The SMILES string of the molecule is COC1COCCC1NC1CC[C@@](C(=O)N2CCC(O)(c3ccccc3)CC2)(C(C)C)C1. The molecule has 4 atom stereocenters. The largest absolute Gasteiger partial charge is 0.385 e. The number of likely N-dealkylation sites (tertiary alicyclic amines) is 1. The maximum absolute atomic E-state index is 13.8. The zero-order valence-electron chi connectivity index (χ0n) is 19.9. The topological polar surface area (TPSA) is 71.0 Å². The van der Waals surface area contributed by atoms with Crippen LogP contribution in [0.1, 0.15) is 57.9 Å².